The largest absolute Gasteiger partial charge is 0.342 e. The number of aryl methyl sites for hydroxylation is 2. The van der Waals surface area contributed by atoms with Crippen molar-refractivity contribution < 1.29 is 4.79 Å². The molecule has 1 atom stereocenters. The molecular weight excluding hydrogens is 318 g/mol. The summed E-state index contributed by atoms with van der Waals surface area (Å²) >= 11 is 1.53. The molecule has 3 rings (SSSR count). The summed E-state index contributed by atoms with van der Waals surface area (Å²) in [5.74, 6) is 1.29. The normalized spacial score (nSPS) is 18.0. The van der Waals surface area contributed by atoms with E-state index >= 15 is 0 Å². The standard InChI is InChI=1S/C19H25N3OS/c1-14-6-7-17(16(3)11-14)22-10-8-20-19(22)24-13-18(23)21-9-4-5-15(2)12-21/h6-8,10-11,15H,4-5,9,12-13H2,1-3H3. The second-order valence-electron chi connectivity index (χ2n) is 6.75. The molecule has 0 radical (unpaired) electrons. The van der Waals surface area contributed by atoms with E-state index in [0.717, 1.165) is 30.4 Å². The van der Waals surface area contributed by atoms with Gasteiger partial charge in [-0.2, -0.15) is 0 Å². The molecule has 24 heavy (non-hydrogen) atoms. The fourth-order valence-corrected chi connectivity index (χ4v) is 4.16. The summed E-state index contributed by atoms with van der Waals surface area (Å²) in [5, 5.41) is 0.875. The summed E-state index contributed by atoms with van der Waals surface area (Å²) in [6, 6.07) is 6.39. The van der Waals surface area contributed by atoms with E-state index in [1.807, 2.05) is 11.1 Å². The van der Waals surface area contributed by atoms with Crippen LogP contribution in [-0.4, -0.2) is 39.2 Å². The van der Waals surface area contributed by atoms with Gasteiger partial charge in [0, 0.05) is 25.5 Å². The monoisotopic (exact) mass is 343 g/mol. The molecule has 1 aliphatic heterocycles. The summed E-state index contributed by atoms with van der Waals surface area (Å²) in [4.78, 5) is 18.9. The van der Waals surface area contributed by atoms with E-state index in [1.165, 1.54) is 29.3 Å². The summed E-state index contributed by atoms with van der Waals surface area (Å²) < 4.78 is 2.07. The first-order chi connectivity index (χ1) is 11.5. The third-order valence-electron chi connectivity index (χ3n) is 4.55. The van der Waals surface area contributed by atoms with E-state index in [4.69, 9.17) is 0 Å². The highest BCUT2D eigenvalue weighted by Crippen LogP contribution is 2.24. The van der Waals surface area contributed by atoms with Gasteiger partial charge >= 0.3 is 0 Å². The van der Waals surface area contributed by atoms with Crippen LogP contribution in [0, 0.1) is 19.8 Å². The van der Waals surface area contributed by atoms with Gasteiger partial charge in [-0.3, -0.25) is 9.36 Å². The molecule has 0 spiro atoms. The average molecular weight is 343 g/mol. The van der Waals surface area contributed by atoms with Crippen molar-refractivity contribution in [3.63, 3.8) is 0 Å². The lowest BCUT2D eigenvalue weighted by Gasteiger charge is -2.30. The second-order valence-corrected chi connectivity index (χ2v) is 7.69. The fourth-order valence-electron chi connectivity index (χ4n) is 3.29. The number of carbonyl (C=O) groups excluding carboxylic acids is 1. The lowest BCUT2D eigenvalue weighted by molar-refractivity contribution is -0.130. The molecule has 4 nitrogen and oxygen atoms in total. The molecule has 0 saturated carbocycles. The minimum Gasteiger partial charge on any atom is -0.342 e. The lowest BCUT2D eigenvalue weighted by atomic mass is 10.0. The molecule has 1 aliphatic rings. The SMILES string of the molecule is Cc1ccc(-n2ccnc2SCC(=O)N2CCCC(C)C2)c(C)c1. The van der Waals surface area contributed by atoms with Gasteiger partial charge in [0.2, 0.25) is 5.91 Å². The zero-order valence-corrected chi connectivity index (χ0v) is 15.5. The number of aromatic nitrogens is 2. The van der Waals surface area contributed by atoms with Gasteiger partial charge < -0.3 is 4.90 Å². The minimum atomic E-state index is 0.224. The van der Waals surface area contributed by atoms with Crippen molar-refractivity contribution in [2.45, 2.75) is 38.8 Å². The molecule has 128 valence electrons. The summed E-state index contributed by atoms with van der Waals surface area (Å²) in [7, 11) is 0. The molecule has 1 amide bonds. The number of imidazole rings is 1. The quantitative estimate of drug-likeness (QED) is 0.792. The number of hydrogen-bond acceptors (Lipinski definition) is 3. The van der Waals surface area contributed by atoms with Gasteiger partial charge in [0.05, 0.1) is 11.4 Å². The highest BCUT2D eigenvalue weighted by molar-refractivity contribution is 7.99. The number of carbonyl (C=O) groups is 1. The Morgan fingerprint density at radius 3 is 2.96 bits per heavy atom. The van der Waals surface area contributed by atoms with E-state index in [0.29, 0.717) is 11.7 Å². The average Bonchev–Trinajstić information content (AvgIpc) is 3.01. The molecular formula is C19H25N3OS. The highest BCUT2D eigenvalue weighted by Gasteiger charge is 2.21. The summed E-state index contributed by atoms with van der Waals surface area (Å²) in [5.41, 5.74) is 3.59. The Hall–Kier alpha value is -1.75. The number of nitrogens with zero attached hydrogens (tertiary/aromatic N) is 3. The first kappa shape index (κ1) is 17.1. The van der Waals surface area contributed by atoms with Crippen LogP contribution < -0.4 is 0 Å². The van der Waals surface area contributed by atoms with Gasteiger partial charge in [-0.25, -0.2) is 4.98 Å². The number of hydrogen-bond donors (Lipinski definition) is 0. The first-order valence-corrected chi connectivity index (χ1v) is 9.54. The van der Waals surface area contributed by atoms with Gasteiger partial charge in [0.25, 0.3) is 0 Å². The van der Waals surface area contributed by atoms with Crippen molar-refractivity contribution in [3.05, 3.63) is 41.7 Å². The van der Waals surface area contributed by atoms with Crippen molar-refractivity contribution in [1.29, 1.82) is 0 Å². The van der Waals surface area contributed by atoms with Crippen LogP contribution >= 0.6 is 11.8 Å². The molecule has 0 bridgehead atoms. The smallest absolute Gasteiger partial charge is 0.233 e. The Bertz CT molecular complexity index is 725. The topological polar surface area (TPSA) is 38.1 Å². The number of piperidine rings is 1. The number of amides is 1. The van der Waals surface area contributed by atoms with Crippen molar-refractivity contribution in [1.82, 2.24) is 14.5 Å². The van der Waals surface area contributed by atoms with Gasteiger partial charge in [0.1, 0.15) is 0 Å². The molecule has 1 aromatic heterocycles. The van der Waals surface area contributed by atoms with Crippen LogP contribution in [0.2, 0.25) is 0 Å². The van der Waals surface area contributed by atoms with Crippen molar-refractivity contribution in [2.24, 2.45) is 5.92 Å². The fraction of sp³-hybridized carbons (Fsp3) is 0.474. The van der Waals surface area contributed by atoms with Crippen LogP contribution in [0.4, 0.5) is 0 Å². The first-order valence-electron chi connectivity index (χ1n) is 8.56. The molecule has 0 aliphatic carbocycles. The van der Waals surface area contributed by atoms with Crippen molar-refractivity contribution in [2.75, 3.05) is 18.8 Å². The number of likely N-dealkylation sites (tertiary alicyclic amines) is 1. The molecule has 1 unspecified atom stereocenters. The number of thioether (sulfide) groups is 1. The van der Waals surface area contributed by atoms with E-state index in [2.05, 4.69) is 48.5 Å². The minimum absolute atomic E-state index is 0.224. The maximum atomic E-state index is 12.5. The Kier molecular flexibility index (Phi) is 5.29. The molecule has 2 heterocycles. The van der Waals surface area contributed by atoms with Gasteiger partial charge in [-0.05, 0) is 44.2 Å². The van der Waals surface area contributed by atoms with Crippen LogP contribution in [0.3, 0.4) is 0 Å². The van der Waals surface area contributed by atoms with E-state index < -0.39 is 0 Å². The Balaban J connectivity index is 1.68. The van der Waals surface area contributed by atoms with Crippen molar-refractivity contribution >= 4 is 17.7 Å². The Morgan fingerprint density at radius 2 is 2.21 bits per heavy atom. The van der Waals surface area contributed by atoms with E-state index in [1.54, 1.807) is 6.20 Å². The summed E-state index contributed by atoms with van der Waals surface area (Å²) in [6.07, 6.45) is 6.12. The number of rotatable bonds is 4. The van der Waals surface area contributed by atoms with E-state index in [9.17, 15) is 4.79 Å². The van der Waals surface area contributed by atoms with E-state index in [-0.39, 0.29) is 5.91 Å². The molecule has 2 aromatic rings. The van der Waals surface area contributed by atoms with Crippen LogP contribution in [0.5, 0.6) is 0 Å². The van der Waals surface area contributed by atoms with Gasteiger partial charge in [-0.15, -0.1) is 0 Å². The zero-order valence-electron chi connectivity index (χ0n) is 14.7. The number of benzene rings is 1. The van der Waals surface area contributed by atoms with Crippen LogP contribution in [0.1, 0.15) is 30.9 Å². The second kappa shape index (κ2) is 7.43. The predicted molar refractivity (Wildman–Crippen MR) is 98.7 cm³/mol. The Labute approximate surface area is 148 Å². The zero-order chi connectivity index (χ0) is 17.1. The van der Waals surface area contributed by atoms with Gasteiger partial charge in [-0.1, -0.05) is 36.4 Å². The third-order valence-corrected chi connectivity index (χ3v) is 5.50. The van der Waals surface area contributed by atoms with Gasteiger partial charge in [0.15, 0.2) is 5.16 Å². The van der Waals surface area contributed by atoms with Crippen LogP contribution in [-0.2, 0) is 4.79 Å². The van der Waals surface area contributed by atoms with Crippen molar-refractivity contribution in [3.8, 4) is 5.69 Å². The van der Waals surface area contributed by atoms with Crippen LogP contribution in [0.25, 0.3) is 5.69 Å². The molecule has 1 fully saturated rings. The molecule has 1 saturated heterocycles. The summed E-state index contributed by atoms with van der Waals surface area (Å²) in [6.45, 7) is 8.22. The highest BCUT2D eigenvalue weighted by atomic mass is 32.2. The molecule has 5 heteroatoms. The lowest BCUT2D eigenvalue weighted by Crippen LogP contribution is -2.40. The molecule has 0 N–H and O–H groups in total. The third kappa shape index (κ3) is 3.83. The molecule has 1 aromatic carbocycles. The van der Waals surface area contributed by atoms with Crippen LogP contribution in [0.15, 0.2) is 35.7 Å². The maximum Gasteiger partial charge on any atom is 0.233 e. The Morgan fingerprint density at radius 1 is 1.38 bits per heavy atom. The predicted octanol–water partition coefficient (Wildman–Crippen LogP) is 3.84. The maximum absolute atomic E-state index is 12.5.